The lowest BCUT2D eigenvalue weighted by Crippen LogP contribution is -2.15. The summed E-state index contributed by atoms with van der Waals surface area (Å²) in [5.41, 5.74) is 2.76. The van der Waals surface area contributed by atoms with Gasteiger partial charge in [-0.25, -0.2) is 4.39 Å². The SMILES string of the molecule is CC(C)(C)c1ccccc1NCc1cccc(C#N)c1F. The van der Waals surface area contributed by atoms with Crippen LogP contribution in [-0.2, 0) is 12.0 Å². The fourth-order valence-electron chi connectivity index (χ4n) is 2.28. The highest BCUT2D eigenvalue weighted by molar-refractivity contribution is 5.54. The molecule has 2 aromatic rings. The molecule has 0 fully saturated rings. The van der Waals surface area contributed by atoms with E-state index < -0.39 is 5.82 Å². The Hall–Kier alpha value is -2.34. The maximum absolute atomic E-state index is 14.0. The summed E-state index contributed by atoms with van der Waals surface area (Å²) in [6, 6.07) is 14.8. The van der Waals surface area contributed by atoms with Gasteiger partial charge in [0, 0.05) is 17.8 Å². The van der Waals surface area contributed by atoms with Gasteiger partial charge in [-0.15, -0.1) is 0 Å². The summed E-state index contributed by atoms with van der Waals surface area (Å²) in [5.74, 6) is -0.444. The monoisotopic (exact) mass is 282 g/mol. The van der Waals surface area contributed by atoms with E-state index >= 15 is 0 Å². The van der Waals surface area contributed by atoms with E-state index in [0.717, 1.165) is 5.69 Å². The van der Waals surface area contributed by atoms with Crippen LogP contribution >= 0.6 is 0 Å². The molecule has 0 atom stereocenters. The van der Waals surface area contributed by atoms with Gasteiger partial charge in [-0.05, 0) is 23.1 Å². The van der Waals surface area contributed by atoms with Crippen molar-refractivity contribution in [3.63, 3.8) is 0 Å². The minimum absolute atomic E-state index is 0.0106. The van der Waals surface area contributed by atoms with E-state index in [9.17, 15) is 4.39 Å². The first-order valence-corrected chi connectivity index (χ1v) is 6.94. The van der Waals surface area contributed by atoms with E-state index in [4.69, 9.17) is 5.26 Å². The molecule has 1 N–H and O–H groups in total. The molecular formula is C18H19FN2. The van der Waals surface area contributed by atoms with E-state index in [1.165, 1.54) is 11.6 Å². The van der Waals surface area contributed by atoms with Gasteiger partial charge in [0.15, 0.2) is 0 Å². The quantitative estimate of drug-likeness (QED) is 0.892. The van der Waals surface area contributed by atoms with Crippen LogP contribution in [0.5, 0.6) is 0 Å². The molecule has 0 heterocycles. The van der Waals surface area contributed by atoms with Crippen molar-refractivity contribution in [1.82, 2.24) is 0 Å². The number of halogens is 1. The molecule has 3 heteroatoms. The summed E-state index contributed by atoms with van der Waals surface area (Å²) in [5, 5.41) is 12.1. The van der Waals surface area contributed by atoms with E-state index in [2.05, 4.69) is 32.2 Å². The number of nitrogens with one attached hydrogen (secondary N) is 1. The van der Waals surface area contributed by atoms with Gasteiger partial charge in [-0.2, -0.15) is 5.26 Å². The summed E-state index contributed by atoms with van der Waals surface area (Å²) < 4.78 is 14.0. The van der Waals surface area contributed by atoms with Gasteiger partial charge in [0.1, 0.15) is 11.9 Å². The Labute approximate surface area is 125 Å². The van der Waals surface area contributed by atoms with Crippen LogP contribution in [0.1, 0.15) is 37.5 Å². The lowest BCUT2D eigenvalue weighted by molar-refractivity contribution is 0.590. The Morgan fingerprint density at radius 1 is 1.10 bits per heavy atom. The summed E-state index contributed by atoms with van der Waals surface area (Å²) in [6.07, 6.45) is 0. The molecule has 0 saturated heterocycles. The van der Waals surface area contributed by atoms with Crippen molar-refractivity contribution in [2.75, 3.05) is 5.32 Å². The second-order valence-electron chi connectivity index (χ2n) is 6.04. The first kappa shape index (κ1) is 15.1. The number of anilines is 1. The Morgan fingerprint density at radius 3 is 2.48 bits per heavy atom. The van der Waals surface area contributed by atoms with Gasteiger partial charge in [0.2, 0.25) is 0 Å². The molecule has 2 nitrogen and oxygen atoms in total. The fraction of sp³-hybridized carbons (Fsp3) is 0.278. The normalized spacial score (nSPS) is 11.0. The van der Waals surface area contributed by atoms with E-state index in [0.29, 0.717) is 12.1 Å². The molecule has 0 bridgehead atoms. The molecule has 0 aliphatic heterocycles. The summed E-state index contributed by atoms with van der Waals surface area (Å²) >= 11 is 0. The van der Waals surface area contributed by atoms with Crippen molar-refractivity contribution in [1.29, 1.82) is 5.26 Å². The maximum atomic E-state index is 14.0. The zero-order chi connectivity index (χ0) is 15.5. The minimum atomic E-state index is -0.444. The maximum Gasteiger partial charge on any atom is 0.145 e. The van der Waals surface area contributed by atoms with Crippen LogP contribution in [0.4, 0.5) is 10.1 Å². The zero-order valence-electron chi connectivity index (χ0n) is 12.6. The molecular weight excluding hydrogens is 263 g/mol. The van der Waals surface area contributed by atoms with Crippen molar-refractivity contribution in [2.24, 2.45) is 0 Å². The van der Waals surface area contributed by atoms with E-state index in [1.54, 1.807) is 12.1 Å². The third-order valence-electron chi connectivity index (χ3n) is 3.40. The predicted octanol–water partition coefficient (Wildman–Crippen LogP) is 4.61. The number of benzene rings is 2. The largest absolute Gasteiger partial charge is 0.381 e. The van der Waals surface area contributed by atoms with Crippen molar-refractivity contribution >= 4 is 5.69 Å². The highest BCUT2D eigenvalue weighted by atomic mass is 19.1. The smallest absolute Gasteiger partial charge is 0.145 e. The second kappa shape index (κ2) is 5.97. The summed E-state index contributed by atoms with van der Waals surface area (Å²) in [4.78, 5) is 0. The minimum Gasteiger partial charge on any atom is -0.381 e. The molecule has 0 aliphatic rings. The second-order valence-corrected chi connectivity index (χ2v) is 6.04. The van der Waals surface area contributed by atoms with Crippen molar-refractivity contribution in [3.8, 4) is 6.07 Å². The van der Waals surface area contributed by atoms with Gasteiger partial charge < -0.3 is 5.32 Å². The van der Waals surface area contributed by atoms with E-state index in [1.807, 2.05) is 24.3 Å². The van der Waals surface area contributed by atoms with Gasteiger partial charge >= 0.3 is 0 Å². The van der Waals surface area contributed by atoms with Gasteiger partial charge in [-0.1, -0.05) is 51.1 Å². The van der Waals surface area contributed by atoms with Crippen LogP contribution < -0.4 is 5.32 Å². The Bertz CT molecular complexity index is 678. The number of para-hydroxylation sites is 1. The lowest BCUT2D eigenvalue weighted by atomic mass is 9.86. The number of nitrogens with zero attached hydrogens (tertiary/aromatic N) is 1. The molecule has 2 rings (SSSR count). The Kier molecular flexibility index (Phi) is 4.28. The lowest BCUT2D eigenvalue weighted by Gasteiger charge is -2.23. The number of rotatable bonds is 3. The number of nitriles is 1. The van der Waals surface area contributed by atoms with Gasteiger partial charge in [-0.3, -0.25) is 0 Å². The molecule has 0 aliphatic carbocycles. The highest BCUT2D eigenvalue weighted by Crippen LogP contribution is 2.29. The standard InChI is InChI=1S/C18H19FN2/c1-18(2,3)15-9-4-5-10-16(15)21-12-14-8-6-7-13(11-20)17(14)19/h4-10,21H,12H2,1-3H3. The molecule has 0 amide bonds. The first-order valence-electron chi connectivity index (χ1n) is 6.94. The van der Waals surface area contributed by atoms with Crippen molar-refractivity contribution in [2.45, 2.75) is 32.7 Å². The Balaban J connectivity index is 2.24. The summed E-state index contributed by atoms with van der Waals surface area (Å²) in [6.45, 7) is 6.79. The Morgan fingerprint density at radius 2 is 1.81 bits per heavy atom. The van der Waals surface area contributed by atoms with Crippen LogP contribution in [0, 0.1) is 17.1 Å². The fourth-order valence-corrected chi connectivity index (χ4v) is 2.28. The van der Waals surface area contributed by atoms with Gasteiger partial charge in [0.25, 0.3) is 0 Å². The molecule has 0 aromatic heterocycles. The average molecular weight is 282 g/mol. The molecule has 0 unspecified atom stereocenters. The number of hydrogen-bond donors (Lipinski definition) is 1. The molecule has 0 spiro atoms. The van der Waals surface area contributed by atoms with Crippen molar-refractivity contribution in [3.05, 3.63) is 65.0 Å². The third kappa shape index (κ3) is 3.41. The molecule has 0 saturated carbocycles. The first-order chi connectivity index (χ1) is 9.93. The van der Waals surface area contributed by atoms with Crippen LogP contribution in [0.25, 0.3) is 0 Å². The molecule has 0 radical (unpaired) electrons. The average Bonchev–Trinajstić information content (AvgIpc) is 2.45. The highest BCUT2D eigenvalue weighted by Gasteiger charge is 2.17. The van der Waals surface area contributed by atoms with Crippen LogP contribution in [0.2, 0.25) is 0 Å². The van der Waals surface area contributed by atoms with Crippen molar-refractivity contribution < 1.29 is 4.39 Å². The number of hydrogen-bond acceptors (Lipinski definition) is 2. The topological polar surface area (TPSA) is 35.8 Å². The molecule has 21 heavy (non-hydrogen) atoms. The predicted molar refractivity (Wildman–Crippen MR) is 83.6 cm³/mol. The van der Waals surface area contributed by atoms with Crippen LogP contribution in [0.15, 0.2) is 42.5 Å². The zero-order valence-corrected chi connectivity index (χ0v) is 12.6. The van der Waals surface area contributed by atoms with Gasteiger partial charge in [0.05, 0.1) is 5.56 Å². The van der Waals surface area contributed by atoms with Crippen LogP contribution in [0.3, 0.4) is 0 Å². The molecule has 2 aromatic carbocycles. The molecule has 108 valence electrons. The van der Waals surface area contributed by atoms with Crippen LogP contribution in [-0.4, -0.2) is 0 Å². The third-order valence-corrected chi connectivity index (χ3v) is 3.40. The summed E-state index contributed by atoms with van der Waals surface area (Å²) in [7, 11) is 0. The van der Waals surface area contributed by atoms with E-state index in [-0.39, 0.29) is 11.0 Å².